The highest BCUT2D eigenvalue weighted by Crippen LogP contribution is 2.30. The van der Waals surface area contributed by atoms with Gasteiger partial charge >= 0.3 is 0 Å². The van der Waals surface area contributed by atoms with E-state index in [2.05, 4.69) is 37.9 Å². The summed E-state index contributed by atoms with van der Waals surface area (Å²) in [5.41, 5.74) is 10.8. The molecule has 0 bridgehead atoms. The Bertz CT molecular complexity index is 406. The molecule has 0 amide bonds. The van der Waals surface area contributed by atoms with E-state index in [0.29, 0.717) is 0 Å². The van der Waals surface area contributed by atoms with Crippen LogP contribution >= 0.6 is 0 Å². The van der Waals surface area contributed by atoms with E-state index >= 15 is 0 Å². The monoisotopic (exact) mass is 246 g/mol. The normalized spacial score (nSPS) is 16.2. The van der Waals surface area contributed by atoms with Crippen LogP contribution in [0, 0.1) is 19.8 Å². The molecule has 1 aliphatic rings. The lowest BCUT2D eigenvalue weighted by Crippen LogP contribution is -2.21. The molecule has 1 saturated carbocycles. The third kappa shape index (κ3) is 2.98. The summed E-state index contributed by atoms with van der Waals surface area (Å²) in [6, 6.07) is 4.32. The fourth-order valence-electron chi connectivity index (χ4n) is 2.95. The minimum atomic E-state index is 0.909. The number of nitrogens with two attached hydrogens (primary N) is 1. The Hall–Kier alpha value is -1.18. The predicted octanol–water partition coefficient (Wildman–Crippen LogP) is 3.90. The molecule has 0 atom stereocenters. The molecule has 1 aromatic carbocycles. The van der Waals surface area contributed by atoms with Gasteiger partial charge in [-0.25, -0.2) is 0 Å². The Kier molecular flexibility index (Phi) is 4.15. The van der Waals surface area contributed by atoms with Gasteiger partial charge in [0, 0.05) is 13.6 Å². The SMILES string of the molecule is Cc1cc(N)c(N(C)CCC2CCCC2)cc1C. The molecule has 18 heavy (non-hydrogen) atoms. The van der Waals surface area contributed by atoms with E-state index in [4.69, 9.17) is 5.73 Å². The fourth-order valence-corrected chi connectivity index (χ4v) is 2.95. The number of anilines is 2. The first-order valence-electron chi connectivity index (χ1n) is 7.16. The lowest BCUT2D eigenvalue weighted by atomic mass is 10.0. The summed E-state index contributed by atoms with van der Waals surface area (Å²) in [5, 5.41) is 0. The molecular weight excluding hydrogens is 220 g/mol. The first-order chi connectivity index (χ1) is 8.58. The molecule has 0 saturated heterocycles. The molecule has 2 rings (SSSR count). The number of hydrogen-bond donors (Lipinski definition) is 1. The number of hydrogen-bond acceptors (Lipinski definition) is 2. The van der Waals surface area contributed by atoms with Crippen molar-refractivity contribution in [3.8, 4) is 0 Å². The van der Waals surface area contributed by atoms with Gasteiger partial charge in [-0.2, -0.15) is 0 Å². The van der Waals surface area contributed by atoms with Gasteiger partial charge in [0.1, 0.15) is 0 Å². The number of aryl methyl sites for hydroxylation is 2. The Morgan fingerprint density at radius 3 is 2.44 bits per heavy atom. The maximum atomic E-state index is 6.13. The molecule has 1 aliphatic carbocycles. The van der Waals surface area contributed by atoms with Gasteiger partial charge in [-0.3, -0.25) is 0 Å². The van der Waals surface area contributed by atoms with Crippen molar-refractivity contribution >= 4 is 11.4 Å². The van der Waals surface area contributed by atoms with Crippen LogP contribution in [0.5, 0.6) is 0 Å². The fraction of sp³-hybridized carbons (Fsp3) is 0.625. The van der Waals surface area contributed by atoms with Gasteiger partial charge < -0.3 is 10.6 Å². The zero-order valence-electron chi connectivity index (χ0n) is 12.0. The van der Waals surface area contributed by atoms with Gasteiger partial charge in [-0.15, -0.1) is 0 Å². The second-order valence-electron chi connectivity index (χ2n) is 5.86. The van der Waals surface area contributed by atoms with Crippen LogP contribution in [0.3, 0.4) is 0 Å². The van der Waals surface area contributed by atoms with Crippen molar-refractivity contribution in [3.05, 3.63) is 23.3 Å². The zero-order valence-corrected chi connectivity index (χ0v) is 12.0. The largest absolute Gasteiger partial charge is 0.397 e. The average Bonchev–Trinajstić information content (AvgIpc) is 2.84. The third-order valence-corrected chi connectivity index (χ3v) is 4.40. The van der Waals surface area contributed by atoms with Gasteiger partial charge in [0.25, 0.3) is 0 Å². The number of benzene rings is 1. The van der Waals surface area contributed by atoms with E-state index in [-0.39, 0.29) is 0 Å². The number of nitrogens with zero attached hydrogens (tertiary/aromatic N) is 1. The molecule has 2 heteroatoms. The molecular formula is C16H26N2. The van der Waals surface area contributed by atoms with Crippen molar-refractivity contribution in [2.75, 3.05) is 24.2 Å². The molecule has 1 aromatic rings. The molecule has 1 fully saturated rings. The molecule has 0 radical (unpaired) electrons. The summed E-state index contributed by atoms with van der Waals surface area (Å²) < 4.78 is 0. The average molecular weight is 246 g/mol. The van der Waals surface area contributed by atoms with Gasteiger partial charge in [0.15, 0.2) is 0 Å². The quantitative estimate of drug-likeness (QED) is 0.816. The van der Waals surface area contributed by atoms with Gasteiger partial charge in [-0.05, 0) is 49.4 Å². The molecule has 0 aliphatic heterocycles. The molecule has 0 unspecified atom stereocenters. The van der Waals surface area contributed by atoms with Crippen LogP contribution in [-0.2, 0) is 0 Å². The van der Waals surface area contributed by atoms with Crippen LogP contribution in [0.1, 0.15) is 43.2 Å². The van der Waals surface area contributed by atoms with E-state index in [1.54, 1.807) is 0 Å². The smallest absolute Gasteiger partial charge is 0.0600 e. The topological polar surface area (TPSA) is 29.3 Å². The lowest BCUT2D eigenvalue weighted by molar-refractivity contribution is 0.505. The van der Waals surface area contributed by atoms with Crippen molar-refractivity contribution in [1.29, 1.82) is 0 Å². The van der Waals surface area contributed by atoms with Crippen LogP contribution in [-0.4, -0.2) is 13.6 Å². The van der Waals surface area contributed by atoms with Crippen molar-refractivity contribution in [2.24, 2.45) is 5.92 Å². The van der Waals surface area contributed by atoms with E-state index < -0.39 is 0 Å². The second kappa shape index (κ2) is 5.64. The maximum Gasteiger partial charge on any atom is 0.0600 e. The summed E-state index contributed by atoms with van der Waals surface area (Å²) in [4.78, 5) is 2.32. The lowest BCUT2D eigenvalue weighted by Gasteiger charge is -2.23. The highest BCUT2D eigenvalue weighted by atomic mass is 15.1. The Morgan fingerprint density at radius 2 is 1.78 bits per heavy atom. The second-order valence-corrected chi connectivity index (χ2v) is 5.86. The van der Waals surface area contributed by atoms with Crippen molar-refractivity contribution in [3.63, 3.8) is 0 Å². The first kappa shape index (κ1) is 13.3. The number of rotatable bonds is 4. The summed E-state index contributed by atoms with van der Waals surface area (Å²) >= 11 is 0. The molecule has 0 heterocycles. The summed E-state index contributed by atoms with van der Waals surface area (Å²) in [7, 11) is 2.16. The van der Waals surface area contributed by atoms with Crippen LogP contribution in [0.15, 0.2) is 12.1 Å². The number of nitrogen functional groups attached to an aromatic ring is 1. The highest BCUT2D eigenvalue weighted by Gasteiger charge is 2.16. The Labute approximate surface area is 111 Å². The first-order valence-corrected chi connectivity index (χ1v) is 7.16. The van der Waals surface area contributed by atoms with Gasteiger partial charge in [0.05, 0.1) is 11.4 Å². The van der Waals surface area contributed by atoms with E-state index in [9.17, 15) is 0 Å². The van der Waals surface area contributed by atoms with E-state index in [0.717, 1.165) is 18.2 Å². The maximum absolute atomic E-state index is 6.13. The van der Waals surface area contributed by atoms with Crippen LogP contribution in [0.25, 0.3) is 0 Å². The summed E-state index contributed by atoms with van der Waals surface area (Å²) in [6.07, 6.45) is 7.02. The molecule has 0 aromatic heterocycles. The molecule has 100 valence electrons. The Morgan fingerprint density at radius 1 is 1.17 bits per heavy atom. The summed E-state index contributed by atoms with van der Waals surface area (Å²) in [5.74, 6) is 0.945. The van der Waals surface area contributed by atoms with Gasteiger partial charge in [-0.1, -0.05) is 25.7 Å². The zero-order chi connectivity index (χ0) is 13.1. The Balaban J connectivity index is 1.99. The highest BCUT2D eigenvalue weighted by molar-refractivity contribution is 5.69. The van der Waals surface area contributed by atoms with Crippen LogP contribution in [0.4, 0.5) is 11.4 Å². The molecule has 2 nitrogen and oxygen atoms in total. The molecule has 2 N–H and O–H groups in total. The predicted molar refractivity (Wildman–Crippen MR) is 80.2 cm³/mol. The van der Waals surface area contributed by atoms with Crippen LogP contribution in [0.2, 0.25) is 0 Å². The standard InChI is InChI=1S/C16H26N2/c1-12-10-15(17)16(11-13(12)2)18(3)9-8-14-6-4-5-7-14/h10-11,14H,4-9,17H2,1-3H3. The van der Waals surface area contributed by atoms with Crippen molar-refractivity contribution in [1.82, 2.24) is 0 Å². The third-order valence-electron chi connectivity index (χ3n) is 4.40. The molecule has 0 spiro atoms. The summed E-state index contributed by atoms with van der Waals surface area (Å²) in [6.45, 7) is 5.40. The van der Waals surface area contributed by atoms with E-state index in [1.165, 1.54) is 48.9 Å². The van der Waals surface area contributed by atoms with Crippen molar-refractivity contribution in [2.45, 2.75) is 46.0 Å². The van der Waals surface area contributed by atoms with Crippen molar-refractivity contribution < 1.29 is 0 Å². The van der Waals surface area contributed by atoms with E-state index in [1.807, 2.05) is 0 Å². The van der Waals surface area contributed by atoms with Gasteiger partial charge in [0.2, 0.25) is 0 Å². The minimum absolute atomic E-state index is 0.909. The van der Waals surface area contributed by atoms with Crippen LogP contribution < -0.4 is 10.6 Å². The minimum Gasteiger partial charge on any atom is -0.397 e.